The van der Waals surface area contributed by atoms with Gasteiger partial charge in [0.25, 0.3) is 11.8 Å². The number of nitrogens with one attached hydrogen (secondary N) is 2. The summed E-state index contributed by atoms with van der Waals surface area (Å²) in [6.07, 6.45) is 2.72. The maximum atomic E-state index is 11.6. The summed E-state index contributed by atoms with van der Waals surface area (Å²) in [6, 6.07) is 8.13. The molecule has 0 aliphatic carbocycles. The Bertz CT molecular complexity index is 771. The van der Waals surface area contributed by atoms with Crippen LogP contribution < -0.4 is 15.6 Å². The van der Waals surface area contributed by atoms with Gasteiger partial charge in [0.05, 0.1) is 5.02 Å². The molecule has 0 atom stereocenters. The van der Waals surface area contributed by atoms with Crippen molar-refractivity contribution in [3.63, 3.8) is 0 Å². The van der Waals surface area contributed by atoms with Gasteiger partial charge in [-0.25, -0.2) is 0 Å². The second kappa shape index (κ2) is 8.42. The summed E-state index contributed by atoms with van der Waals surface area (Å²) in [4.78, 5) is 23.2. The van der Waals surface area contributed by atoms with Crippen LogP contribution in [0.4, 0.5) is 0 Å². The lowest BCUT2D eigenvalue weighted by atomic mass is 10.3. The third kappa shape index (κ3) is 5.64. The highest BCUT2D eigenvalue weighted by atomic mass is 35.5. The van der Waals surface area contributed by atoms with E-state index in [0.717, 1.165) is 5.76 Å². The number of hydrazine groups is 1. The van der Waals surface area contributed by atoms with Gasteiger partial charge in [-0.3, -0.25) is 20.4 Å². The predicted molar refractivity (Wildman–Crippen MR) is 90.7 cm³/mol. The maximum Gasteiger partial charge on any atom is 0.276 e. The van der Waals surface area contributed by atoms with Crippen molar-refractivity contribution in [1.29, 1.82) is 0 Å². The van der Waals surface area contributed by atoms with Crippen LogP contribution in [-0.4, -0.2) is 18.4 Å². The molecular weight excluding hydrogens is 355 g/mol. The van der Waals surface area contributed by atoms with E-state index in [9.17, 15) is 9.59 Å². The Morgan fingerprint density at radius 2 is 2.00 bits per heavy atom. The van der Waals surface area contributed by atoms with E-state index in [2.05, 4.69) is 10.9 Å². The van der Waals surface area contributed by atoms with Crippen LogP contribution >= 0.6 is 23.2 Å². The molecule has 6 nitrogen and oxygen atoms in total. The van der Waals surface area contributed by atoms with Crippen LogP contribution in [-0.2, 0) is 9.59 Å². The van der Waals surface area contributed by atoms with Gasteiger partial charge in [0.1, 0.15) is 17.3 Å². The fourth-order valence-electron chi connectivity index (χ4n) is 1.65. The number of rotatable bonds is 5. The van der Waals surface area contributed by atoms with Crippen molar-refractivity contribution in [2.45, 2.75) is 6.92 Å². The summed E-state index contributed by atoms with van der Waals surface area (Å²) in [5.74, 6) is 0.533. The van der Waals surface area contributed by atoms with Gasteiger partial charge in [-0.15, -0.1) is 0 Å². The molecule has 1 heterocycles. The van der Waals surface area contributed by atoms with Gasteiger partial charge in [0.15, 0.2) is 6.61 Å². The van der Waals surface area contributed by atoms with Crippen LogP contribution in [0.25, 0.3) is 6.08 Å². The molecule has 1 aromatic heterocycles. The van der Waals surface area contributed by atoms with Crippen molar-refractivity contribution < 1.29 is 18.7 Å². The molecule has 0 radical (unpaired) electrons. The Labute approximate surface area is 148 Å². The minimum Gasteiger partial charge on any atom is -0.482 e. The molecule has 2 N–H and O–H groups in total. The first-order valence-corrected chi connectivity index (χ1v) is 7.61. The molecule has 0 spiro atoms. The van der Waals surface area contributed by atoms with Crippen LogP contribution in [0.15, 0.2) is 40.8 Å². The lowest BCUT2D eigenvalue weighted by Gasteiger charge is -2.09. The molecule has 0 saturated heterocycles. The second-order valence-electron chi connectivity index (χ2n) is 4.68. The Morgan fingerprint density at radius 3 is 2.67 bits per heavy atom. The lowest BCUT2D eigenvalue weighted by molar-refractivity contribution is -0.128. The molecule has 8 heteroatoms. The minimum atomic E-state index is -0.545. The summed E-state index contributed by atoms with van der Waals surface area (Å²) >= 11 is 11.7. The number of hydrogen-bond acceptors (Lipinski definition) is 4. The van der Waals surface area contributed by atoms with Gasteiger partial charge in [-0.05, 0) is 43.3 Å². The molecular formula is C16H14Cl2N2O4. The molecule has 0 aliphatic heterocycles. The number of benzene rings is 1. The van der Waals surface area contributed by atoms with E-state index in [1.807, 2.05) is 0 Å². The highest BCUT2D eigenvalue weighted by Crippen LogP contribution is 2.27. The Balaban J connectivity index is 1.74. The van der Waals surface area contributed by atoms with E-state index >= 15 is 0 Å². The molecule has 0 bridgehead atoms. The predicted octanol–water partition coefficient (Wildman–Crippen LogP) is 3.13. The van der Waals surface area contributed by atoms with E-state index in [-0.39, 0.29) is 11.6 Å². The van der Waals surface area contributed by atoms with Gasteiger partial charge in [0.2, 0.25) is 0 Å². The van der Waals surface area contributed by atoms with Crippen molar-refractivity contribution in [1.82, 2.24) is 10.9 Å². The van der Waals surface area contributed by atoms with E-state index in [0.29, 0.717) is 16.5 Å². The van der Waals surface area contributed by atoms with Crippen LogP contribution in [0.3, 0.4) is 0 Å². The van der Waals surface area contributed by atoms with Crippen LogP contribution in [0.5, 0.6) is 5.75 Å². The molecule has 1 aromatic carbocycles. The average molecular weight is 369 g/mol. The maximum absolute atomic E-state index is 11.6. The number of ether oxygens (including phenoxy) is 1. The first-order valence-electron chi connectivity index (χ1n) is 6.85. The molecule has 2 aromatic rings. The van der Waals surface area contributed by atoms with Crippen LogP contribution in [0, 0.1) is 6.92 Å². The van der Waals surface area contributed by atoms with E-state index < -0.39 is 11.8 Å². The Hall–Kier alpha value is -2.44. The monoisotopic (exact) mass is 368 g/mol. The van der Waals surface area contributed by atoms with Gasteiger partial charge >= 0.3 is 0 Å². The summed E-state index contributed by atoms with van der Waals surface area (Å²) in [6.45, 7) is 1.48. The largest absolute Gasteiger partial charge is 0.482 e. The zero-order valence-electron chi connectivity index (χ0n) is 12.6. The van der Waals surface area contributed by atoms with E-state index in [1.165, 1.54) is 18.2 Å². The van der Waals surface area contributed by atoms with Crippen molar-refractivity contribution in [2.24, 2.45) is 0 Å². The smallest absolute Gasteiger partial charge is 0.276 e. The minimum absolute atomic E-state index is 0.288. The van der Waals surface area contributed by atoms with Crippen molar-refractivity contribution in [3.05, 3.63) is 58.0 Å². The summed E-state index contributed by atoms with van der Waals surface area (Å²) in [5.41, 5.74) is 4.43. The van der Waals surface area contributed by atoms with Gasteiger partial charge in [-0.2, -0.15) is 0 Å². The SMILES string of the molecule is Cc1ccc(/C=C/C(=O)NNC(=O)COc2ccc(Cl)cc2Cl)o1. The Kier molecular flexibility index (Phi) is 6.28. The van der Waals surface area contributed by atoms with Crippen molar-refractivity contribution in [2.75, 3.05) is 6.61 Å². The number of aryl methyl sites for hydroxylation is 1. The fourth-order valence-corrected chi connectivity index (χ4v) is 2.11. The van der Waals surface area contributed by atoms with E-state index in [1.54, 1.807) is 31.2 Å². The van der Waals surface area contributed by atoms with Crippen LogP contribution in [0.2, 0.25) is 10.0 Å². The van der Waals surface area contributed by atoms with Crippen molar-refractivity contribution in [3.8, 4) is 5.75 Å². The average Bonchev–Trinajstić information content (AvgIpc) is 2.95. The number of furan rings is 1. The summed E-state index contributed by atoms with van der Waals surface area (Å²) in [7, 11) is 0. The Morgan fingerprint density at radius 1 is 1.21 bits per heavy atom. The number of halogens is 2. The first kappa shape index (κ1) is 17.9. The van der Waals surface area contributed by atoms with E-state index in [4.69, 9.17) is 32.4 Å². The zero-order chi connectivity index (χ0) is 17.5. The van der Waals surface area contributed by atoms with Gasteiger partial charge in [0, 0.05) is 11.1 Å². The number of hydrogen-bond donors (Lipinski definition) is 2. The highest BCUT2D eigenvalue weighted by molar-refractivity contribution is 6.35. The molecule has 126 valence electrons. The summed E-state index contributed by atoms with van der Waals surface area (Å²) < 4.78 is 10.5. The molecule has 0 fully saturated rings. The number of carbonyl (C=O) groups is 2. The van der Waals surface area contributed by atoms with Crippen molar-refractivity contribution >= 4 is 41.1 Å². The second-order valence-corrected chi connectivity index (χ2v) is 5.53. The topological polar surface area (TPSA) is 80.6 Å². The molecule has 0 aliphatic rings. The normalized spacial score (nSPS) is 10.6. The third-order valence-electron chi connectivity index (χ3n) is 2.74. The quantitative estimate of drug-likeness (QED) is 0.627. The molecule has 2 rings (SSSR count). The summed E-state index contributed by atoms with van der Waals surface area (Å²) in [5, 5.41) is 0.749. The lowest BCUT2D eigenvalue weighted by Crippen LogP contribution is -2.43. The fraction of sp³-hybridized carbons (Fsp3) is 0.125. The molecule has 0 unspecified atom stereocenters. The highest BCUT2D eigenvalue weighted by Gasteiger charge is 2.07. The van der Waals surface area contributed by atoms with Crippen LogP contribution in [0.1, 0.15) is 11.5 Å². The standard InChI is InChI=1S/C16H14Cl2N2O4/c1-10-2-4-12(24-10)5-7-15(21)19-20-16(22)9-23-14-6-3-11(17)8-13(14)18/h2-8H,9H2,1H3,(H,19,21)(H,20,22)/b7-5+. The molecule has 2 amide bonds. The number of carbonyl (C=O) groups excluding carboxylic acids is 2. The number of amides is 2. The molecule has 0 saturated carbocycles. The zero-order valence-corrected chi connectivity index (χ0v) is 14.1. The third-order valence-corrected chi connectivity index (χ3v) is 3.27. The first-order chi connectivity index (χ1) is 11.4. The van der Waals surface area contributed by atoms with Gasteiger partial charge < -0.3 is 9.15 Å². The van der Waals surface area contributed by atoms with Gasteiger partial charge in [-0.1, -0.05) is 23.2 Å². The molecule has 24 heavy (non-hydrogen) atoms.